The fraction of sp³-hybridized carbons (Fsp3) is 0.538. The predicted octanol–water partition coefficient (Wildman–Crippen LogP) is 3.03. The molecule has 1 aromatic carbocycles. The molecule has 0 radical (unpaired) electrons. The van der Waals surface area contributed by atoms with E-state index in [0.29, 0.717) is 10.8 Å². The molecule has 3 nitrogen and oxygen atoms in total. The van der Waals surface area contributed by atoms with Crippen LogP contribution in [0, 0.1) is 0 Å². The van der Waals surface area contributed by atoms with Crippen molar-refractivity contribution in [2.45, 2.75) is 25.5 Å². The minimum atomic E-state index is 0.130. The summed E-state index contributed by atoms with van der Waals surface area (Å²) in [5.74, 6) is 0.690. The lowest BCUT2D eigenvalue weighted by Gasteiger charge is -2.25. The topological polar surface area (TPSA) is 30.5 Å². The number of rotatable bonds is 6. The maximum Gasteiger partial charge on any atom is 0.137 e. The maximum absolute atomic E-state index is 6.01. The first-order valence-corrected chi connectivity index (χ1v) is 6.09. The van der Waals surface area contributed by atoms with Gasteiger partial charge in [0.2, 0.25) is 0 Å². The van der Waals surface area contributed by atoms with E-state index in [2.05, 4.69) is 12.2 Å². The van der Waals surface area contributed by atoms with Crippen molar-refractivity contribution in [1.29, 1.82) is 0 Å². The zero-order chi connectivity index (χ0) is 12.8. The number of benzene rings is 1. The van der Waals surface area contributed by atoms with Gasteiger partial charge in [-0.25, -0.2) is 0 Å². The molecule has 1 aromatic rings. The van der Waals surface area contributed by atoms with Crippen molar-refractivity contribution in [2.75, 3.05) is 21.3 Å². The molecule has 0 aliphatic carbocycles. The molecule has 4 heteroatoms. The van der Waals surface area contributed by atoms with E-state index in [1.54, 1.807) is 14.2 Å². The summed E-state index contributed by atoms with van der Waals surface area (Å²) in [7, 11) is 5.27. The molecule has 0 aromatic heterocycles. The van der Waals surface area contributed by atoms with E-state index in [0.717, 1.165) is 12.0 Å². The molecular weight excluding hydrogens is 238 g/mol. The van der Waals surface area contributed by atoms with E-state index >= 15 is 0 Å². The lowest BCUT2D eigenvalue weighted by molar-refractivity contribution is 0.0675. The molecule has 0 fully saturated rings. The Morgan fingerprint density at radius 2 is 2.06 bits per heavy atom. The molecule has 1 rings (SSSR count). The number of hydrogen-bond acceptors (Lipinski definition) is 3. The molecule has 2 unspecified atom stereocenters. The van der Waals surface area contributed by atoms with Gasteiger partial charge in [-0.3, -0.25) is 0 Å². The SMILES string of the molecule is CCC(OC)C(NC)c1ccc(Cl)c(OC)c1. The molecule has 96 valence electrons. The Bertz CT molecular complexity index is 353. The zero-order valence-electron chi connectivity index (χ0n) is 10.8. The van der Waals surface area contributed by atoms with Crippen molar-refractivity contribution < 1.29 is 9.47 Å². The summed E-state index contributed by atoms with van der Waals surface area (Å²) in [5.41, 5.74) is 1.11. The average Bonchev–Trinajstić information content (AvgIpc) is 2.36. The Kier molecular flexibility index (Phi) is 5.75. The number of hydrogen-bond donors (Lipinski definition) is 1. The average molecular weight is 258 g/mol. The van der Waals surface area contributed by atoms with E-state index in [1.807, 2.05) is 25.2 Å². The van der Waals surface area contributed by atoms with Crippen LogP contribution in [0.4, 0.5) is 0 Å². The highest BCUT2D eigenvalue weighted by molar-refractivity contribution is 6.32. The standard InChI is InChI=1S/C13H20ClNO2/c1-5-11(16-3)13(15-2)9-6-7-10(14)12(8-9)17-4/h6-8,11,13,15H,5H2,1-4H3. The quantitative estimate of drug-likeness (QED) is 0.850. The van der Waals surface area contributed by atoms with Crippen LogP contribution in [0.15, 0.2) is 18.2 Å². The van der Waals surface area contributed by atoms with Gasteiger partial charge in [-0.15, -0.1) is 0 Å². The molecule has 0 saturated heterocycles. The molecule has 1 N–H and O–H groups in total. The van der Waals surface area contributed by atoms with Gasteiger partial charge in [0, 0.05) is 7.11 Å². The van der Waals surface area contributed by atoms with Crippen LogP contribution in [0.25, 0.3) is 0 Å². The number of nitrogens with one attached hydrogen (secondary N) is 1. The van der Waals surface area contributed by atoms with E-state index in [1.165, 1.54) is 0 Å². The second kappa shape index (κ2) is 6.84. The lowest BCUT2D eigenvalue weighted by atomic mass is 9.99. The largest absolute Gasteiger partial charge is 0.495 e. The van der Waals surface area contributed by atoms with E-state index in [9.17, 15) is 0 Å². The van der Waals surface area contributed by atoms with E-state index in [-0.39, 0.29) is 12.1 Å². The van der Waals surface area contributed by atoms with Gasteiger partial charge in [-0.1, -0.05) is 24.6 Å². The maximum atomic E-state index is 6.01. The molecule has 0 amide bonds. The molecular formula is C13H20ClNO2. The van der Waals surface area contributed by atoms with Gasteiger partial charge in [0.05, 0.1) is 24.3 Å². The highest BCUT2D eigenvalue weighted by Gasteiger charge is 2.20. The summed E-state index contributed by atoms with van der Waals surface area (Å²) in [4.78, 5) is 0. The normalized spacial score (nSPS) is 14.4. The Balaban J connectivity index is 3.03. The summed E-state index contributed by atoms with van der Waals surface area (Å²) in [5, 5.41) is 3.89. The second-order valence-corrected chi connectivity index (χ2v) is 4.25. The van der Waals surface area contributed by atoms with Crippen LogP contribution in [0.3, 0.4) is 0 Å². The molecule has 0 aliphatic heterocycles. The Hall–Kier alpha value is -0.770. The number of likely N-dealkylation sites (N-methyl/N-ethyl adjacent to an activating group) is 1. The van der Waals surface area contributed by atoms with Gasteiger partial charge < -0.3 is 14.8 Å². The first-order valence-electron chi connectivity index (χ1n) is 5.71. The molecule has 17 heavy (non-hydrogen) atoms. The van der Waals surface area contributed by atoms with Crippen molar-refractivity contribution in [3.63, 3.8) is 0 Å². The Labute approximate surface area is 108 Å². The lowest BCUT2D eigenvalue weighted by Crippen LogP contribution is -2.30. The minimum absolute atomic E-state index is 0.130. The smallest absolute Gasteiger partial charge is 0.137 e. The highest BCUT2D eigenvalue weighted by atomic mass is 35.5. The van der Waals surface area contributed by atoms with Crippen molar-refractivity contribution in [3.8, 4) is 5.75 Å². The molecule has 2 atom stereocenters. The van der Waals surface area contributed by atoms with Crippen LogP contribution in [-0.4, -0.2) is 27.4 Å². The molecule has 0 saturated carbocycles. The summed E-state index contributed by atoms with van der Waals surface area (Å²) in [6.45, 7) is 2.10. The molecule has 0 aliphatic rings. The molecule has 0 spiro atoms. The minimum Gasteiger partial charge on any atom is -0.495 e. The van der Waals surface area contributed by atoms with Gasteiger partial charge in [-0.05, 0) is 31.2 Å². The van der Waals surface area contributed by atoms with Crippen LogP contribution in [-0.2, 0) is 4.74 Å². The summed E-state index contributed by atoms with van der Waals surface area (Å²) < 4.78 is 10.7. The fourth-order valence-electron chi connectivity index (χ4n) is 1.98. The van der Waals surface area contributed by atoms with Crippen LogP contribution < -0.4 is 10.1 Å². The third kappa shape index (κ3) is 3.35. The van der Waals surface area contributed by atoms with Gasteiger partial charge in [0.25, 0.3) is 0 Å². The first kappa shape index (κ1) is 14.3. The third-order valence-corrected chi connectivity index (χ3v) is 3.23. The van der Waals surface area contributed by atoms with Crippen molar-refractivity contribution in [2.24, 2.45) is 0 Å². The van der Waals surface area contributed by atoms with Crippen molar-refractivity contribution in [3.05, 3.63) is 28.8 Å². The van der Waals surface area contributed by atoms with Crippen molar-refractivity contribution in [1.82, 2.24) is 5.32 Å². The number of methoxy groups -OCH3 is 2. The number of ether oxygens (including phenoxy) is 2. The van der Waals surface area contributed by atoms with Gasteiger partial charge in [-0.2, -0.15) is 0 Å². The van der Waals surface area contributed by atoms with Gasteiger partial charge in [0.15, 0.2) is 0 Å². The van der Waals surface area contributed by atoms with Crippen LogP contribution >= 0.6 is 11.6 Å². The van der Waals surface area contributed by atoms with Gasteiger partial charge >= 0.3 is 0 Å². The van der Waals surface area contributed by atoms with E-state index < -0.39 is 0 Å². The first-order chi connectivity index (χ1) is 8.17. The Morgan fingerprint density at radius 1 is 1.35 bits per heavy atom. The highest BCUT2D eigenvalue weighted by Crippen LogP contribution is 2.30. The molecule has 0 heterocycles. The Morgan fingerprint density at radius 3 is 2.53 bits per heavy atom. The summed E-state index contributed by atoms with van der Waals surface area (Å²) >= 11 is 6.01. The number of halogens is 1. The zero-order valence-corrected chi connectivity index (χ0v) is 11.5. The van der Waals surface area contributed by atoms with E-state index in [4.69, 9.17) is 21.1 Å². The summed E-state index contributed by atoms with van der Waals surface area (Å²) in [6.07, 6.45) is 1.07. The third-order valence-electron chi connectivity index (χ3n) is 2.92. The van der Waals surface area contributed by atoms with Crippen LogP contribution in [0.2, 0.25) is 5.02 Å². The second-order valence-electron chi connectivity index (χ2n) is 3.84. The van der Waals surface area contributed by atoms with Crippen LogP contribution in [0.5, 0.6) is 5.75 Å². The van der Waals surface area contributed by atoms with Gasteiger partial charge in [0.1, 0.15) is 5.75 Å². The fourth-order valence-corrected chi connectivity index (χ4v) is 2.17. The predicted molar refractivity (Wildman–Crippen MR) is 70.9 cm³/mol. The molecule has 0 bridgehead atoms. The van der Waals surface area contributed by atoms with Crippen LogP contribution in [0.1, 0.15) is 24.9 Å². The summed E-state index contributed by atoms with van der Waals surface area (Å²) in [6, 6.07) is 5.93. The van der Waals surface area contributed by atoms with Crippen molar-refractivity contribution >= 4 is 11.6 Å². The monoisotopic (exact) mass is 257 g/mol.